The second kappa shape index (κ2) is 7.37. The smallest absolute Gasteiger partial charge is 0.252 e. The lowest BCUT2D eigenvalue weighted by atomic mass is 10.1. The summed E-state index contributed by atoms with van der Waals surface area (Å²) in [5.41, 5.74) is 3.26. The summed E-state index contributed by atoms with van der Waals surface area (Å²) in [5, 5.41) is 11.5. The number of hydrogen-bond donors (Lipinski definition) is 1. The van der Waals surface area contributed by atoms with E-state index in [4.69, 9.17) is 11.6 Å². The maximum absolute atomic E-state index is 13.2. The molecule has 1 atom stereocenters. The van der Waals surface area contributed by atoms with E-state index >= 15 is 0 Å². The molecule has 1 unspecified atom stereocenters. The van der Waals surface area contributed by atoms with Gasteiger partial charge in [0.25, 0.3) is 5.91 Å². The topological polar surface area (TPSA) is 46.9 Å². The van der Waals surface area contributed by atoms with Gasteiger partial charge in [0.05, 0.1) is 22.3 Å². The van der Waals surface area contributed by atoms with E-state index in [1.165, 1.54) is 12.1 Å². The average molecular weight is 378 g/mol. The number of benzene rings is 1. The number of carbonyl (C=O) groups excluding carboxylic acids is 1. The van der Waals surface area contributed by atoms with Crippen molar-refractivity contribution in [2.75, 3.05) is 6.54 Å². The first-order valence-electron chi connectivity index (χ1n) is 7.74. The highest BCUT2D eigenvalue weighted by molar-refractivity contribution is 7.08. The number of nitrogens with zero attached hydrogens (tertiary/aromatic N) is 2. The zero-order chi connectivity index (χ0) is 18.0. The molecule has 0 saturated heterocycles. The van der Waals surface area contributed by atoms with E-state index in [-0.39, 0.29) is 22.5 Å². The number of thiophene rings is 1. The lowest BCUT2D eigenvalue weighted by molar-refractivity contribution is 0.0949. The number of hydrogen-bond acceptors (Lipinski definition) is 3. The fourth-order valence-electron chi connectivity index (χ4n) is 2.73. The molecule has 0 aliphatic heterocycles. The summed E-state index contributed by atoms with van der Waals surface area (Å²) >= 11 is 7.56. The zero-order valence-corrected chi connectivity index (χ0v) is 15.4. The highest BCUT2D eigenvalue weighted by Gasteiger charge is 2.20. The standard InChI is InChI=1S/C18H17ClFN3OS/c1-11-7-12(2)23(22-11)17(13-5-6-25-10-13)9-21-18(24)15-4-3-14(20)8-16(15)19/h3-8,10,17H,9H2,1-2H3,(H,21,24). The normalized spacial score (nSPS) is 12.2. The predicted octanol–water partition coefficient (Wildman–Crippen LogP) is 4.37. The van der Waals surface area contributed by atoms with Crippen LogP contribution in [0.5, 0.6) is 0 Å². The quantitative estimate of drug-likeness (QED) is 0.717. The molecule has 0 bridgehead atoms. The Labute approximate surface area is 154 Å². The molecule has 1 N–H and O–H groups in total. The zero-order valence-electron chi connectivity index (χ0n) is 13.8. The Morgan fingerprint density at radius 1 is 1.36 bits per heavy atom. The SMILES string of the molecule is Cc1cc(C)n(C(CNC(=O)c2ccc(F)cc2Cl)c2ccsc2)n1. The Morgan fingerprint density at radius 3 is 2.76 bits per heavy atom. The Morgan fingerprint density at radius 2 is 2.16 bits per heavy atom. The van der Waals surface area contributed by atoms with E-state index < -0.39 is 5.82 Å². The van der Waals surface area contributed by atoms with Crippen LogP contribution in [0, 0.1) is 19.7 Å². The minimum atomic E-state index is -0.472. The summed E-state index contributed by atoms with van der Waals surface area (Å²) in [6.07, 6.45) is 0. The Hall–Kier alpha value is -2.18. The maximum atomic E-state index is 13.2. The molecular formula is C18H17ClFN3OS. The average Bonchev–Trinajstić information content (AvgIpc) is 3.18. The molecule has 25 heavy (non-hydrogen) atoms. The number of halogens is 2. The van der Waals surface area contributed by atoms with Crippen molar-refractivity contribution >= 4 is 28.8 Å². The second-order valence-electron chi connectivity index (χ2n) is 5.78. The first kappa shape index (κ1) is 17.6. The molecule has 2 aromatic heterocycles. The van der Waals surface area contributed by atoms with Crippen LogP contribution in [0.3, 0.4) is 0 Å². The van der Waals surface area contributed by atoms with Crippen molar-refractivity contribution in [2.24, 2.45) is 0 Å². The minimum absolute atomic E-state index is 0.0932. The molecule has 0 spiro atoms. The Balaban J connectivity index is 1.82. The van der Waals surface area contributed by atoms with E-state index in [1.54, 1.807) is 11.3 Å². The highest BCUT2D eigenvalue weighted by Crippen LogP contribution is 2.23. The van der Waals surface area contributed by atoms with Gasteiger partial charge in [0, 0.05) is 12.2 Å². The van der Waals surface area contributed by atoms with Gasteiger partial charge in [-0.25, -0.2) is 4.39 Å². The third kappa shape index (κ3) is 3.91. The first-order chi connectivity index (χ1) is 12.0. The summed E-state index contributed by atoms with van der Waals surface area (Å²) in [6.45, 7) is 4.27. The van der Waals surface area contributed by atoms with Crippen LogP contribution < -0.4 is 5.32 Å². The Kier molecular flexibility index (Phi) is 5.20. The van der Waals surface area contributed by atoms with Gasteiger partial charge in [0.1, 0.15) is 5.82 Å². The summed E-state index contributed by atoms with van der Waals surface area (Å²) in [4.78, 5) is 12.4. The largest absolute Gasteiger partial charge is 0.349 e. The van der Waals surface area contributed by atoms with Crippen LogP contribution in [0.1, 0.15) is 33.4 Å². The van der Waals surface area contributed by atoms with Gasteiger partial charge in [-0.2, -0.15) is 16.4 Å². The van der Waals surface area contributed by atoms with Crippen LogP contribution in [0.15, 0.2) is 41.1 Å². The summed E-state index contributed by atoms with van der Waals surface area (Å²) in [5.74, 6) is -0.813. The molecule has 1 amide bonds. The van der Waals surface area contributed by atoms with E-state index in [9.17, 15) is 9.18 Å². The molecule has 1 aromatic carbocycles. The fraction of sp³-hybridized carbons (Fsp3) is 0.222. The molecule has 0 saturated carbocycles. The second-order valence-corrected chi connectivity index (χ2v) is 6.97. The monoisotopic (exact) mass is 377 g/mol. The summed E-state index contributed by atoms with van der Waals surface area (Å²) < 4.78 is 15.1. The third-order valence-electron chi connectivity index (χ3n) is 3.90. The van der Waals surface area contributed by atoms with Crippen LogP contribution in [0.2, 0.25) is 5.02 Å². The molecule has 0 aliphatic rings. The van der Waals surface area contributed by atoms with Crippen LogP contribution in [0.25, 0.3) is 0 Å². The van der Waals surface area contributed by atoms with Gasteiger partial charge in [0.15, 0.2) is 0 Å². The van der Waals surface area contributed by atoms with Crippen molar-refractivity contribution in [3.63, 3.8) is 0 Å². The van der Waals surface area contributed by atoms with Crippen molar-refractivity contribution in [3.05, 3.63) is 74.4 Å². The van der Waals surface area contributed by atoms with Crippen molar-refractivity contribution in [3.8, 4) is 0 Å². The van der Waals surface area contributed by atoms with Gasteiger partial charge in [-0.1, -0.05) is 11.6 Å². The van der Waals surface area contributed by atoms with Crippen LogP contribution in [-0.4, -0.2) is 22.2 Å². The van der Waals surface area contributed by atoms with Gasteiger partial charge < -0.3 is 5.32 Å². The van der Waals surface area contributed by atoms with Gasteiger partial charge in [-0.05, 0) is 60.5 Å². The van der Waals surface area contributed by atoms with Crippen LogP contribution in [-0.2, 0) is 0 Å². The Bertz CT molecular complexity index is 892. The summed E-state index contributed by atoms with van der Waals surface area (Å²) in [6, 6.07) is 7.63. The first-order valence-corrected chi connectivity index (χ1v) is 9.06. The predicted molar refractivity (Wildman–Crippen MR) is 97.9 cm³/mol. The van der Waals surface area contributed by atoms with E-state index in [2.05, 4.69) is 10.4 Å². The molecule has 130 valence electrons. The van der Waals surface area contributed by atoms with Crippen molar-refractivity contribution in [1.29, 1.82) is 0 Å². The maximum Gasteiger partial charge on any atom is 0.252 e. The van der Waals surface area contributed by atoms with E-state index in [0.29, 0.717) is 6.54 Å². The molecule has 2 heterocycles. The minimum Gasteiger partial charge on any atom is -0.349 e. The van der Waals surface area contributed by atoms with Gasteiger partial charge >= 0.3 is 0 Å². The van der Waals surface area contributed by atoms with E-state index in [0.717, 1.165) is 23.0 Å². The van der Waals surface area contributed by atoms with Gasteiger partial charge in [-0.3, -0.25) is 9.48 Å². The third-order valence-corrected chi connectivity index (χ3v) is 4.91. The molecule has 4 nitrogen and oxygen atoms in total. The summed E-state index contributed by atoms with van der Waals surface area (Å²) in [7, 11) is 0. The number of aryl methyl sites for hydroxylation is 2. The number of rotatable bonds is 5. The lowest BCUT2D eigenvalue weighted by Crippen LogP contribution is -2.32. The number of aromatic nitrogens is 2. The molecule has 0 radical (unpaired) electrons. The van der Waals surface area contributed by atoms with Gasteiger partial charge in [0.2, 0.25) is 0 Å². The number of nitrogens with one attached hydrogen (secondary N) is 1. The van der Waals surface area contributed by atoms with Gasteiger partial charge in [-0.15, -0.1) is 0 Å². The molecule has 3 aromatic rings. The number of amides is 1. The number of carbonyl (C=O) groups is 1. The van der Waals surface area contributed by atoms with E-state index in [1.807, 2.05) is 41.4 Å². The lowest BCUT2D eigenvalue weighted by Gasteiger charge is -2.19. The van der Waals surface area contributed by atoms with Crippen molar-refractivity contribution in [1.82, 2.24) is 15.1 Å². The molecule has 0 aliphatic carbocycles. The fourth-order valence-corrected chi connectivity index (χ4v) is 3.69. The molecule has 3 rings (SSSR count). The van der Waals surface area contributed by atoms with Crippen molar-refractivity contribution in [2.45, 2.75) is 19.9 Å². The molecular weight excluding hydrogens is 361 g/mol. The van der Waals surface area contributed by atoms with Crippen LogP contribution in [0.4, 0.5) is 4.39 Å². The van der Waals surface area contributed by atoms with Crippen molar-refractivity contribution < 1.29 is 9.18 Å². The van der Waals surface area contributed by atoms with Crippen LogP contribution >= 0.6 is 22.9 Å². The highest BCUT2D eigenvalue weighted by atomic mass is 35.5. The molecule has 7 heteroatoms. The molecule has 0 fully saturated rings.